The molecule has 14 rings (SSSR count). The second-order valence-electron chi connectivity index (χ2n) is 30.0. The van der Waals surface area contributed by atoms with Gasteiger partial charge in [-0.1, -0.05) is 344 Å². The van der Waals surface area contributed by atoms with Crippen LogP contribution < -0.4 is 67.7 Å². The lowest BCUT2D eigenvalue weighted by molar-refractivity contribution is 0.590. The standard InChI is InChI=1S/C88H85BN2Si2/c1-85(2,3)63-48-54-67(55-49-63)90-77-58-52-65(87(7,8)9)60-75(77)89-76-61-66(88(10,11)12)53-59-78(76)91(68-56-50-64(51-57-68)86(4,5)6)82-80(89)81(90)83(92(69-36-22-14-23-37-69,70-38-24-15-25-39-70)71-40-26-16-27-41-71)79(62-34-20-13-21-35-62)84(82)93(72-42-28-17-29-43-72,73-44-30-18-31-45-73)74-46-32-19-33-47-74/h13-61H,1-12H3. The number of fused-ring (bicyclic) bond motifs is 4. The zero-order valence-corrected chi connectivity index (χ0v) is 58.3. The maximum Gasteiger partial charge on any atom is 0.252 e. The van der Waals surface area contributed by atoms with E-state index in [9.17, 15) is 0 Å². The van der Waals surface area contributed by atoms with Crippen LogP contribution in [-0.2, 0) is 21.7 Å². The first kappa shape index (κ1) is 61.3. The summed E-state index contributed by atoms with van der Waals surface area (Å²) < 4.78 is 0. The van der Waals surface area contributed by atoms with Gasteiger partial charge in [0.2, 0.25) is 0 Å². The van der Waals surface area contributed by atoms with E-state index >= 15 is 0 Å². The van der Waals surface area contributed by atoms with Gasteiger partial charge < -0.3 is 9.80 Å². The van der Waals surface area contributed by atoms with Crippen LogP contribution in [-0.4, -0.2) is 22.9 Å². The van der Waals surface area contributed by atoms with Crippen molar-refractivity contribution >= 4 is 115 Å². The molecule has 0 atom stereocenters. The first-order valence-corrected chi connectivity index (χ1v) is 37.5. The summed E-state index contributed by atoms with van der Waals surface area (Å²) in [5.41, 5.74) is 18.3. The van der Waals surface area contributed by atoms with E-state index in [-0.39, 0.29) is 28.4 Å². The molecule has 93 heavy (non-hydrogen) atoms. The largest absolute Gasteiger partial charge is 0.311 e. The minimum absolute atomic E-state index is 0.0781. The number of benzene rings is 12. The highest BCUT2D eigenvalue weighted by molar-refractivity contribution is 7.24. The average Bonchev–Trinajstić information content (AvgIpc) is 0.660. The first-order chi connectivity index (χ1) is 44.7. The Morgan fingerprint density at radius 1 is 0.269 bits per heavy atom. The fourth-order valence-electron chi connectivity index (χ4n) is 15.5. The van der Waals surface area contributed by atoms with Crippen molar-refractivity contribution in [1.82, 2.24) is 0 Å². The molecular formula is C88H85BN2Si2. The Hall–Kier alpha value is -9.26. The van der Waals surface area contributed by atoms with Crippen molar-refractivity contribution in [3.63, 3.8) is 0 Å². The molecule has 0 fully saturated rings. The van der Waals surface area contributed by atoms with Crippen LogP contribution in [0.4, 0.5) is 34.1 Å². The predicted molar refractivity (Wildman–Crippen MR) is 408 cm³/mol. The second-order valence-corrected chi connectivity index (χ2v) is 37.5. The van der Waals surface area contributed by atoms with Gasteiger partial charge in [-0.25, -0.2) is 0 Å². The fourth-order valence-corrected chi connectivity index (χ4v) is 26.0. The van der Waals surface area contributed by atoms with Gasteiger partial charge in [0, 0.05) is 34.1 Å². The van der Waals surface area contributed by atoms with Crippen molar-refractivity contribution in [2.75, 3.05) is 9.80 Å². The van der Waals surface area contributed by atoms with Crippen LogP contribution in [0.15, 0.2) is 297 Å². The van der Waals surface area contributed by atoms with Crippen LogP contribution in [0.25, 0.3) is 11.1 Å². The third kappa shape index (κ3) is 10.3. The molecule has 0 spiro atoms. The average molecular weight is 1240 g/mol. The summed E-state index contributed by atoms with van der Waals surface area (Å²) in [6.45, 7) is 28.1. The van der Waals surface area contributed by atoms with Crippen molar-refractivity contribution in [2.24, 2.45) is 0 Å². The predicted octanol–water partition coefficient (Wildman–Crippen LogP) is 15.4. The van der Waals surface area contributed by atoms with E-state index in [0.29, 0.717) is 0 Å². The third-order valence-corrected chi connectivity index (χ3v) is 29.8. The lowest BCUT2D eigenvalue weighted by Crippen LogP contribution is -2.81. The summed E-state index contributed by atoms with van der Waals surface area (Å²) in [6.07, 6.45) is 0. The molecule has 0 bridgehead atoms. The van der Waals surface area contributed by atoms with Crippen LogP contribution in [0.3, 0.4) is 0 Å². The zero-order valence-electron chi connectivity index (χ0n) is 56.3. The highest BCUT2D eigenvalue weighted by Gasteiger charge is 2.57. The number of rotatable bonds is 11. The Morgan fingerprint density at radius 2 is 0.516 bits per heavy atom. The van der Waals surface area contributed by atoms with Crippen LogP contribution in [0.2, 0.25) is 0 Å². The van der Waals surface area contributed by atoms with E-state index in [0.717, 1.165) is 11.4 Å². The molecule has 12 aromatic carbocycles. The maximum absolute atomic E-state index is 3.74. The van der Waals surface area contributed by atoms with Gasteiger partial charge in [0.25, 0.3) is 6.71 Å². The SMILES string of the molecule is CC(C)(C)c1ccc(N2c3ccc(C(C)(C)C)cc3B3c4cc(C(C)(C)C)ccc4N(c4ccc(C(C)(C)C)cc4)c4c3c2c([Si](c2ccccc2)(c2ccccc2)c2ccccc2)c(-c2ccccc2)c4[Si](c2ccccc2)(c2ccccc2)c2ccccc2)cc1. The van der Waals surface area contributed by atoms with E-state index in [4.69, 9.17) is 0 Å². The number of anilines is 6. The lowest BCUT2D eigenvalue weighted by atomic mass is 9.33. The van der Waals surface area contributed by atoms with Gasteiger partial charge in [-0.15, -0.1) is 0 Å². The highest BCUT2D eigenvalue weighted by atomic mass is 28.3. The number of nitrogens with zero attached hydrogens (tertiary/aromatic N) is 2. The van der Waals surface area contributed by atoms with E-state index in [1.54, 1.807) is 0 Å². The Labute approximate surface area is 556 Å². The minimum atomic E-state index is -3.74. The molecule has 5 heteroatoms. The van der Waals surface area contributed by atoms with Crippen molar-refractivity contribution < 1.29 is 0 Å². The Balaban J connectivity index is 1.38. The Bertz CT molecular complexity index is 4190. The molecule has 0 unspecified atom stereocenters. The summed E-state index contributed by atoms with van der Waals surface area (Å²) >= 11 is 0. The second kappa shape index (κ2) is 23.4. The van der Waals surface area contributed by atoms with E-state index in [1.165, 1.54) is 114 Å². The van der Waals surface area contributed by atoms with Crippen molar-refractivity contribution in [3.05, 3.63) is 320 Å². The van der Waals surface area contributed by atoms with Gasteiger partial charge in [-0.2, -0.15) is 0 Å². The van der Waals surface area contributed by atoms with Gasteiger partial charge in [-0.3, -0.25) is 0 Å². The summed E-state index contributed by atoms with van der Waals surface area (Å²) in [5.74, 6) is 0. The number of hydrogen-bond acceptors (Lipinski definition) is 2. The zero-order chi connectivity index (χ0) is 64.7. The molecule has 2 nitrogen and oxygen atoms in total. The van der Waals surface area contributed by atoms with Crippen molar-refractivity contribution in [1.29, 1.82) is 0 Å². The molecule has 2 heterocycles. The van der Waals surface area contributed by atoms with Gasteiger partial charge in [-0.05, 0) is 149 Å². The maximum atomic E-state index is 2.78. The van der Waals surface area contributed by atoms with Crippen LogP contribution in [0, 0.1) is 0 Å². The van der Waals surface area contributed by atoms with E-state index in [1.807, 2.05) is 0 Å². The fraction of sp³-hybridized carbons (Fsp3) is 0.182. The van der Waals surface area contributed by atoms with Gasteiger partial charge in [0.1, 0.15) is 0 Å². The van der Waals surface area contributed by atoms with Crippen LogP contribution >= 0.6 is 0 Å². The van der Waals surface area contributed by atoms with E-state index < -0.39 is 16.1 Å². The van der Waals surface area contributed by atoms with Gasteiger partial charge >= 0.3 is 0 Å². The minimum Gasteiger partial charge on any atom is -0.311 e. The van der Waals surface area contributed by atoms with Crippen molar-refractivity contribution in [3.8, 4) is 11.1 Å². The molecule has 0 aromatic heterocycles. The Kier molecular flexibility index (Phi) is 15.4. The monoisotopic (exact) mass is 1240 g/mol. The van der Waals surface area contributed by atoms with E-state index in [2.05, 4.69) is 390 Å². The quantitative estimate of drug-likeness (QED) is 0.0941. The Morgan fingerprint density at radius 3 is 0.774 bits per heavy atom. The molecule has 0 radical (unpaired) electrons. The third-order valence-electron chi connectivity index (χ3n) is 20.1. The topological polar surface area (TPSA) is 6.48 Å². The summed E-state index contributed by atoms with van der Waals surface area (Å²) in [5, 5.41) is 10.7. The molecule has 0 amide bonds. The first-order valence-electron chi connectivity index (χ1n) is 33.5. The molecule has 458 valence electrons. The summed E-state index contributed by atoms with van der Waals surface area (Å²) in [6, 6.07) is 117. The van der Waals surface area contributed by atoms with Gasteiger partial charge in [0.15, 0.2) is 16.1 Å². The van der Waals surface area contributed by atoms with Crippen LogP contribution in [0.5, 0.6) is 0 Å². The normalized spacial score (nSPS) is 13.3. The van der Waals surface area contributed by atoms with Crippen LogP contribution in [0.1, 0.15) is 105 Å². The number of hydrogen-bond donors (Lipinski definition) is 0. The van der Waals surface area contributed by atoms with Gasteiger partial charge in [0.05, 0.1) is 0 Å². The lowest BCUT2D eigenvalue weighted by Gasteiger charge is -2.52. The molecule has 0 saturated heterocycles. The molecule has 2 aliphatic heterocycles. The van der Waals surface area contributed by atoms with Crippen molar-refractivity contribution in [2.45, 2.75) is 105 Å². The smallest absolute Gasteiger partial charge is 0.252 e. The molecule has 0 N–H and O–H groups in total. The molecule has 12 aromatic rings. The molecule has 2 aliphatic rings. The molecule has 0 saturated carbocycles. The summed E-state index contributed by atoms with van der Waals surface area (Å²) in [4.78, 5) is 5.56. The molecule has 0 aliphatic carbocycles. The molecular weight excluding hydrogens is 1150 g/mol. The highest BCUT2D eigenvalue weighted by Crippen LogP contribution is 2.48. The summed E-state index contributed by atoms with van der Waals surface area (Å²) in [7, 11) is -7.48.